The summed E-state index contributed by atoms with van der Waals surface area (Å²) >= 11 is 0. The van der Waals surface area contributed by atoms with Crippen molar-refractivity contribution in [3.63, 3.8) is 0 Å². The maximum Gasteiger partial charge on any atom is 0.303 e. The fourth-order valence-corrected chi connectivity index (χ4v) is 4.41. The van der Waals surface area contributed by atoms with Gasteiger partial charge in [0, 0.05) is 12.0 Å². The number of hydrogen-bond acceptors (Lipinski definition) is 6. The lowest BCUT2D eigenvalue weighted by molar-refractivity contribution is -0.168. The van der Waals surface area contributed by atoms with Crippen molar-refractivity contribution in [3.8, 4) is 5.75 Å². The number of benzene rings is 1. The number of aliphatic hydroxyl groups excluding tert-OH is 3. The Kier molecular flexibility index (Phi) is 8.27. The molecule has 1 aliphatic carbocycles. The number of fused-ring (bicyclic) bond motifs is 1. The third-order valence-electron chi connectivity index (χ3n) is 6.09. The van der Waals surface area contributed by atoms with Gasteiger partial charge in [0.05, 0.1) is 18.8 Å². The van der Waals surface area contributed by atoms with Crippen molar-refractivity contribution in [3.05, 3.63) is 42.0 Å². The minimum atomic E-state index is -0.824. The zero-order valence-electron chi connectivity index (χ0n) is 17.1. The highest BCUT2D eigenvalue weighted by molar-refractivity contribution is 5.66. The van der Waals surface area contributed by atoms with Crippen molar-refractivity contribution in [1.29, 1.82) is 0 Å². The van der Waals surface area contributed by atoms with E-state index in [-0.39, 0.29) is 18.3 Å². The molecular formula is C23H32O7. The molecule has 0 saturated heterocycles. The van der Waals surface area contributed by atoms with Crippen LogP contribution < -0.4 is 4.74 Å². The van der Waals surface area contributed by atoms with Gasteiger partial charge in [-0.05, 0) is 56.4 Å². The first-order valence-corrected chi connectivity index (χ1v) is 10.7. The van der Waals surface area contributed by atoms with Crippen LogP contribution >= 0.6 is 0 Å². The fourth-order valence-electron chi connectivity index (χ4n) is 4.41. The Balaban J connectivity index is 1.47. The van der Waals surface area contributed by atoms with E-state index in [1.54, 1.807) is 0 Å². The average molecular weight is 421 g/mol. The second-order valence-electron chi connectivity index (χ2n) is 8.24. The first-order chi connectivity index (χ1) is 14.5. The Morgan fingerprint density at radius 3 is 2.73 bits per heavy atom. The second-order valence-corrected chi connectivity index (χ2v) is 8.24. The lowest BCUT2D eigenvalue weighted by atomic mass is 9.86. The molecule has 1 unspecified atom stereocenters. The van der Waals surface area contributed by atoms with Gasteiger partial charge in [0.25, 0.3) is 0 Å². The summed E-state index contributed by atoms with van der Waals surface area (Å²) in [5, 5.41) is 40.0. The van der Waals surface area contributed by atoms with Gasteiger partial charge in [-0.1, -0.05) is 30.4 Å². The molecule has 7 nitrogen and oxygen atoms in total. The molecule has 1 heterocycles. The van der Waals surface area contributed by atoms with Crippen LogP contribution in [0.2, 0.25) is 0 Å². The molecule has 4 N–H and O–H groups in total. The van der Waals surface area contributed by atoms with Crippen LogP contribution in [0.3, 0.4) is 0 Å². The zero-order valence-corrected chi connectivity index (χ0v) is 17.1. The summed E-state index contributed by atoms with van der Waals surface area (Å²) in [5.74, 6) is -0.285. The Morgan fingerprint density at radius 1 is 1.17 bits per heavy atom. The van der Waals surface area contributed by atoms with Crippen LogP contribution in [0.1, 0.15) is 50.5 Å². The van der Waals surface area contributed by atoms with Gasteiger partial charge in [-0.3, -0.25) is 4.79 Å². The van der Waals surface area contributed by atoms with Gasteiger partial charge >= 0.3 is 5.97 Å². The minimum Gasteiger partial charge on any atom is -0.481 e. The molecule has 0 bridgehead atoms. The molecule has 1 aromatic carbocycles. The molecule has 1 aliphatic heterocycles. The number of allylic oxidation sites excluding steroid dienone is 2. The van der Waals surface area contributed by atoms with Crippen LogP contribution in [-0.2, 0) is 16.1 Å². The van der Waals surface area contributed by atoms with Crippen LogP contribution in [-0.4, -0.2) is 51.0 Å². The summed E-state index contributed by atoms with van der Waals surface area (Å²) in [6.45, 7) is 0.387. The maximum absolute atomic E-state index is 10.6. The number of carboxylic acids is 1. The normalized spacial score (nSPS) is 29.5. The Labute approximate surface area is 176 Å². The molecule has 0 radical (unpaired) electrons. The summed E-state index contributed by atoms with van der Waals surface area (Å²) in [6.07, 6.45) is 4.47. The van der Waals surface area contributed by atoms with E-state index in [0.29, 0.717) is 45.1 Å². The van der Waals surface area contributed by atoms with E-state index in [1.165, 1.54) is 0 Å². The number of para-hydroxylation sites is 1. The first-order valence-electron chi connectivity index (χ1n) is 10.7. The summed E-state index contributed by atoms with van der Waals surface area (Å²) in [6, 6.07) is 7.57. The van der Waals surface area contributed by atoms with Crippen LogP contribution in [0.15, 0.2) is 36.4 Å². The molecular weight excluding hydrogens is 388 g/mol. The van der Waals surface area contributed by atoms with Gasteiger partial charge in [-0.15, -0.1) is 0 Å². The monoisotopic (exact) mass is 420 g/mol. The molecule has 1 aromatic rings. The molecule has 2 aliphatic rings. The molecule has 0 amide bonds. The quantitative estimate of drug-likeness (QED) is 0.340. The zero-order chi connectivity index (χ0) is 21.5. The number of aliphatic hydroxyl groups is 3. The third kappa shape index (κ3) is 6.04. The van der Waals surface area contributed by atoms with E-state index >= 15 is 0 Å². The SMILES string of the molecule is O=C(O)CCCC=CC[C@@H]1[C@@H](CC[C@H](O)C2OCc3ccccc3O2)[C@H](O)C[C@@H]1O. The molecule has 0 aromatic heterocycles. The molecule has 7 heteroatoms. The lowest BCUT2D eigenvalue weighted by Crippen LogP contribution is -2.37. The highest BCUT2D eigenvalue weighted by Crippen LogP contribution is 2.39. The van der Waals surface area contributed by atoms with Crippen molar-refractivity contribution < 1.29 is 34.7 Å². The highest BCUT2D eigenvalue weighted by Gasteiger charge is 2.41. The van der Waals surface area contributed by atoms with E-state index in [1.807, 2.05) is 36.4 Å². The predicted molar refractivity (Wildman–Crippen MR) is 110 cm³/mol. The van der Waals surface area contributed by atoms with Crippen molar-refractivity contribution in [2.75, 3.05) is 0 Å². The summed E-state index contributed by atoms with van der Waals surface area (Å²) in [7, 11) is 0. The van der Waals surface area contributed by atoms with Crippen LogP contribution in [0.25, 0.3) is 0 Å². The van der Waals surface area contributed by atoms with E-state index in [0.717, 1.165) is 11.3 Å². The number of hydrogen-bond donors (Lipinski definition) is 4. The third-order valence-corrected chi connectivity index (χ3v) is 6.09. The van der Waals surface area contributed by atoms with E-state index in [9.17, 15) is 20.1 Å². The largest absolute Gasteiger partial charge is 0.481 e. The molecule has 0 spiro atoms. The molecule has 30 heavy (non-hydrogen) atoms. The molecule has 3 rings (SSSR count). The van der Waals surface area contributed by atoms with Crippen LogP contribution in [0.5, 0.6) is 5.75 Å². The van der Waals surface area contributed by atoms with E-state index in [2.05, 4.69) is 0 Å². The highest BCUT2D eigenvalue weighted by atomic mass is 16.7. The number of aliphatic carboxylic acids is 1. The van der Waals surface area contributed by atoms with Gasteiger partial charge in [-0.25, -0.2) is 0 Å². The summed E-state index contributed by atoms with van der Waals surface area (Å²) < 4.78 is 11.4. The van der Waals surface area contributed by atoms with Crippen LogP contribution in [0, 0.1) is 11.8 Å². The number of rotatable bonds is 10. The topological polar surface area (TPSA) is 116 Å². The fraction of sp³-hybridized carbons (Fsp3) is 0.609. The number of ether oxygens (including phenoxy) is 2. The standard InChI is InChI=1S/C23H32O7/c24-18(23-29-14-15-7-5-6-9-21(15)30-23)12-11-17-16(19(25)13-20(17)26)8-3-1-2-4-10-22(27)28/h1,3,5-7,9,16-20,23-26H,2,4,8,10-14H2,(H,27,28)/t16-,17-,18+,19+,20-,23?/m1/s1. The number of carbonyl (C=O) groups is 1. The van der Waals surface area contributed by atoms with Crippen molar-refractivity contribution in [1.82, 2.24) is 0 Å². The van der Waals surface area contributed by atoms with Gasteiger partial charge in [0.15, 0.2) is 0 Å². The van der Waals surface area contributed by atoms with Crippen molar-refractivity contribution in [2.45, 2.75) is 76.2 Å². The van der Waals surface area contributed by atoms with Crippen molar-refractivity contribution >= 4 is 5.97 Å². The molecule has 1 fully saturated rings. The Morgan fingerprint density at radius 2 is 1.93 bits per heavy atom. The smallest absolute Gasteiger partial charge is 0.303 e. The molecule has 1 saturated carbocycles. The van der Waals surface area contributed by atoms with Gasteiger partial charge in [0.1, 0.15) is 11.9 Å². The maximum atomic E-state index is 10.6. The van der Waals surface area contributed by atoms with E-state index in [4.69, 9.17) is 14.6 Å². The summed E-state index contributed by atoms with van der Waals surface area (Å²) in [4.78, 5) is 10.5. The van der Waals surface area contributed by atoms with Gasteiger partial charge in [0.2, 0.25) is 6.29 Å². The van der Waals surface area contributed by atoms with Gasteiger partial charge < -0.3 is 29.9 Å². The Bertz CT molecular complexity index is 719. The second kappa shape index (κ2) is 10.9. The summed E-state index contributed by atoms with van der Waals surface area (Å²) in [5.41, 5.74) is 0.950. The molecule has 6 atom stereocenters. The number of carboxylic acid groups (broad SMARTS) is 1. The van der Waals surface area contributed by atoms with E-state index < -0.39 is 30.6 Å². The number of unbranched alkanes of at least 4 members (excludes halogenated alkanes) is 1. The minimum absolute atomic E-state index is 0.0863. The lowest BCUT2D eigenvalue weighted by Gasteiger charge is -2.31. The average Bonchev–Trinajstić information content (AvgIpc) is 3.00. The first kappa shape index (κ1) is 22.7. The predicted octanol–water partition coefficient (Wildman–Crippen LogP) is 2.62. The van der Waals surface area contributed by atoms with Gasteiger partial charge in [-0.2, -0.15) is 0 Å². The van der Waals surface area contributed by atoms with Crippen molar-refractivity contribution in [2.24, 2.45) is 11.8 Å². The molecule has 166 valence electrons. The van der Waals surface area contributed by atoms with Crippen LogP contribution in [0.4, 0.5) is 0 Å². The Hall–Kier alpha value is -1.93.